The number of likely N-dealkylation sites (tertiary alicyclic amines) is 1. The molecular formula is C17H34N2O. The van der Waals surface area contributed by atoms with Crippen LogP contribution in [0.5, 0.6) is 0 Å². The zero-order valence-electron chi connectivity index (χ0n) is 13.7. The fourth-order valence-electron chi connectivity index (χ4n) is 3.92. The molecule has 2 aliphatic rings. The Kier molecular flexibility index (Phi) is 6.79. The fraction of sp³-hybridized carbons (Fsp3) is 1.00. The minimum atomic E-state index is 0.430. The quantitative estimate of drug-likeness (QED) is 0.777. The highest BCUT2D eigenvalue weighted by Gasteiger charge is 2.30. The van der Waals surface area contributed by atoms with Crippen LogP contribution in [0.3, 0.4) is 0 Å². The maximum Gasteiger partial charge on any atom is 0.0724 e. The second-order valence-electron chi connectivity index (χ2n) is 6.90. The summed E-state index contributed by atoms with van der Waals surface area (Å²) in [5.41, 5.74) is 0. The normalized spacial score (nSPS) is 30.8. The molecule has 0 amide bonds. The second-order valence-corrected chi connectivity index (χ2v) is 6.90. The molecule has 0 aromatic carbocycles. The third-order valence-corrected chi connectivity index (χ3v) is 5.36. The lowest BCUT2D eigenvalue weighted by Crippen LogP contribution is -2.51. The number of hydrogen-bond acceptors (Lipinski definition) is 3. The summed E-state index contributed by atoms with van der Waals surface area (Å²) in [6.45, 7) is 9.35. The third-order valence-electron chi connectivity index (χ3n) is 5.36. The molecular weight excluding hydrogens is 248 g/mol. The highest BCUT2D eigenvalue weighted by molar-refractivity contribution is 4.86. The van der Waals surface area contributed by atoms with E-state index in [-0.39, 0.29) is 0 Å². The molecule has 20 heavy (non-hydrogen) atoms. The standard InChI is InChI=1S/C17H34N2O/c1-4-10-18-16(15-7-5-6-8-15)12-19-11-9-14(2)17(13-19)20-3/h14-18H,4-13H2,1-3H3. The van der Waals surface area contributed by atoms with Crippen LogP contribution in [-0.2, 0) is 4.74 Å². The van der Waals surface area contributed by atoms with Gasteiger partial charge in [-0.3, -0.25) is 4.90 Å². The molecule has 1 N–H and O–H groups in total. The van der Waals surface area contributed by atoms with Crippen LogP contribution in [0.1, 0.15) is 52.4 Å². The summed E-state index contributed by atoms with van der Waals surface area (Å²) in [5, 5.41) is 3.82. The van der Waals surface area contributed by atoms with E-state index < -0.39 is 0 Å². The monoisotopic (exact) mass is 282 g/mol. The van der Waals surface area contributed by atoms with Gasteiger partial charge in [0.25, 0.3) is 0 Å². The predicted molar refractivity (Wildman–Crippen MR) is 85.1 cm³/mol. The summed E-state index contributed by atoms with van der Waals surface area (Å²) in [4.78, 5) is 2.64. The minimum absolute atomic E-state index is 0.430. The maximum absolute atomic E-state index is 5.66. The van der Waals surface area contributed by atoms with E-state index in [1.165, 1.54) is 58.2 Å². The van der Waals surface area contributed by atoms with Gasteiger partial charge < -0.3 is 10.1 Å². The molecule has 1 aliphatic carbocycles. The molecule has 0 aromatic rings. The maximum atomic E-state index is 5.66. The van der Waals surface area contributed by atoms with Crippen molar-refractivity contribution >= 4 is 0 Å². The average molecular weight is 282 g/mol. The van der Waals surface area contributed by atoms with Gasteiger partial charge in [-0.1, -0.05) is 26.7 Å². The van der Waals surface area contributed by atoms with Crippen LogP contribution in [0.15, 0.2) is 0 Å². The summed E-state index contributed by atoms with van der Waals surface area (Å²) < 4.78 is 5.66. The molecule has 3 atom stereocenters. The molecule has 3 nitrogen and oxygen atoms in total. The molecule has 0 spiro atoms. The van der Waals surface area contributed by atoms with Gasteiger partial charge in [0.1, 0.15) is 0 Å². The lowest BCUT2D eigenvalue weighted by atomic mass is 9.93. The van der Waals surface area contributed by atoms with Crippen molar-refractivity contribution in [3.63, 3.8) is 0 Å². The first-order valence-corrected chi connectivity index (χ1v) is 8.73. The highest BCUT2D eigenvalue weighted by Crippen LogP contribution is 2.29. The van der Waals surface area contributed by atoms with E-state index in [4.69, 9.17) is 4.74 Å². The Bertz CT molecular complexity index is 266. The van der Waals surface area contributed by atoms with Crippen molar-refractivity contribution in [2.24, 2.45) is 11.8 Å². The molecule has 1 saturated carbocycles. The van der Waals surface area contributed by atoms with Crippen LogP contribution < -0.4 is 5.32 Å². The smallest absolute Gasteiger partial charge is 0.0724 e. The number of nitrogens with zero attached hydrogens (tertiary/aromatic N) is 1. The van der Waals surface area contributed by atoms with Gasteiger partial charge >= 0.3 is 0 Å². The number of hydrogen-bond donors (Lipinski definition) is 1. The summed E-state index contributed by atoms with van der Waals surface area (Å²) in [7, 11) is 1.87. The molecule has 0 aromatic heterocycles. The number of rotatable bonds is 7. The van der Waals surface area contributed by atoms with Crippen LogP contribution in [-0.4, -0.2) is 50.3 Å². The van der Waals surface area contributed by atoms with Gasteiger partial charge in [0.15, 0.2) is 0 Å². The largest absolute Gasteiger partial charge is 0.380 e. The van der Waals surface area contributed by atoms with Crippen molar-refractivity contribution in [2.75, 3.05) is 33.3 Å². The molecule has 1 saturated heterocycles. The number of piperidine rings is 1. The first-order chi connectivity index (χ1) is 9.74. The fourth-order valence-corrected chi connectivity index (χ4v) is 3.92. The van der Waals surface area contributed by atoms with E-state index in [1.807, 2.05) is 7.11 Å². The van der Waals surface area contributed by atoms with Crippen molar-refractivity contribution in [3.05, 3.63) is 0 Å². The van der Waals surface area contributed by atoms with Gasteiger partial charge in [0.05, 0.1) is 6.10 Å². The second kappa shape index (κ2) is 8.35. The molecule has 2 rings (SSSR count). The number of nitrogens with one attached hydrogen (secondary N) is 1. The summed E-state index contributed by atoms with van der Waals surface area (Å²) in [6.07, 6.45) is 8.68. The Hall–Kier alpha value is -0.120. The van der Waals surface area contributed by atoms with Gasteiger partial charge in [0.2, 0.25) is 0 Å². The van der Waals surface area contributed by atoms with E-state index in [2.05, 4.69) is 24.1 Å². The first-order valence-electron chi connectivity index (χ1n) is 8.73. The molecule has 2 fully saturated rings. The Labute approximate surface area is 125 Å². The Morgan fingerprint density at radius 2 is 2.00 bits per heavy atom. The lowest BCUT2D eigenvalue weighted by molar-refractivity contribution is -0.00926. The van der Waals surface area contributed by atoms with Crippen molar-refractivity contribution < 1.29 is 4.74 Å². The van der Waals surface area contributed by atoms with E-state index in [0.29, 0.717) is 18.1 Å². The SMILES string of the molecule is CCCNC(CN1CCC(C)C(OC)C1)C1CCCC1. The van der Waals surface area contributed by atoms with Crippen molar-refractivity contribution in [1.29, 1.82) is 0 Å². The zero-order valence-corrected chi connectivity index (χ0v) is 13.7. The van der Waals surface area contributed by atoms with E-state index in [9.17, 15) is 0 Å². The highest BCUT2D eigenvalue weighted by atomic mass is 16.5. The van der Waals surface area contributed by atoms with Gasteiger partial charge in [-0.15, -0.1) is 0 Å². The van der Waals surface area contributed by atoms with Crippen molar-refractivity contribution in [1.82, 2.24) is 10.2 Å². The molecule has 1 heterocycles. The summed E-state index contributed by atoms with van der Waals surface area (Å²) in [5.74, 6) is 1.62. The predicted octanol–water partition coefficient (Wildman–Crippen LogP) is 2.90. The topological polar surface area (TPSA) is 24.5 Å². The Morgan fingerprint density at radius 3 is 2.65 bits per heavy atom. The van der Waals surface area contributed by atoms with Gasteiger partial charge in [-0.25, -0.2) is 0 Å². The lowest BCUT2D eigenvalue weighted by Gasteiger charge is -2.39. The van der Waals surface area contributed by atoms with Gasteiger partial charge in [-0.2, -0.15) is 0 Å². The number of ether oxygens (including phenoxy) is 1. The number of methoxy groups -OCH3 is 1. The average Bonchev–Trinajstić information content (AvgIpc) is 2.99. The molecule has 3 unspecified atom stereocenters. The van der Waals surface area contributed by atoms with Crippen LogP contribution in [0.4, 0.5) is 0 Å². The Morgan fingerprint density at radius 1 is 1.25 bits per heavy atom. The van der Waals surface area contributed by atoms with Crippen LogP contribution in [0.25, 0.3) is 0 Å². The summed E-state index contributed by atoms with van der Waals surface area (Å²) >= 11 is 0. The third kappa shape index (κ3) is 4.44. The molecule has 1 aliphatic heterocycles. The van der Waals surface area contributed by atoms with Crippen LogP contribution in [0.2, 0.25) is 0 Å². The Balaban J connectivity index is 1.86. The molecule has 0 bridgehead atoms. The van der Waals surface area contributed by atoms with Crippen LogP contribution in [0, 0.1) is 11.8 Å². The molecule has 3 heteroatoms. The van der Waals surface area contributed by atoms with E-state index >= 15 is 0 Å². The molecule has 118 valence electrons. The zero-order chi connectivity index (χ0) is 14.4. The van der Waals surface area contributed by atoms with Crippen molar-refractivity contribution in [2.45, 2.75) is 64.5 Å². The summed E-state index contributed by atoms with van der Waals surface area (Å²) in [6, 6.07) is 0.698. The first kappa shape index (κ1) is 16.3. The van der Waals surface area contributed by atoms with Crippen LogP contribution >= 0.6 is 0 Å². The van der Waals surface area contributed by atoms with Gasteiger partial charge in [0, 0.05) is 26.2 Å². The van der Waals surface area contributed by atoms with E-state index in [1.54, 1.807) is 0 Å². The van der Waals surface area contributed by atoms with Crippen molar-refractivity contribution in [3.8, 4) is 0 Å². The van der Waals surface area contributed by atoms with E-state index in [0.717, 1.165) is 12.5 Å². The molecule has 0 radical (unpaired) electrons. The van der Waals surface area contributed by atoms with Gasteiger partial charge in [-0.05, 0) is 50.6 Å². The minimum Gasteiger partial charge on any atom is -0.380 e.